The van der Waals surface area contributed by atoms with Crippen LogP contribution in [0.15, 0.2) is 52.9 Å². The van der Waals surface area contributed by atoms with Crippen LogP contribution >= 0.6 is 23.1 Å². The van der Waals surface area contributed by atoms with Gasteiger partial charge in [0.2, 0.25) is 5.91 Å². The van der Waals surface area contributed by atoms with E-state index in [-0.39, 0.29) is 12.3 Å². The molecule has 0 radical (unpaired) electrons. The second kappa shape index (κ2) is 11.3. The molecule has 0 aliphatic carbocycles. The fraction of sp³-hybridized carbons (Fsp3) is 0.250. The number of nitrogens with one attached hydrogen (secondary N) is 1. The molecule has 1 aliphatic rings. The number of nitrogens with zero attached hydrogens (tertiary/aromatic N) is 1. The summed E-state index contributed by atoms with van der Waals surface area (Å²) in [6, 6.07) is 13.4. The molecule has 2 aromatic heterocycles. The first-order valence-electron chi connectivity index (χ1n) is 12.0. The number of thiophene rings is 1. The number of aromatic nitrogens is 1. The van der Waals surface area contributed by atoms with Crippen LogP contribution in [0.3, 0.4) is 0 Å². The van der Waals surface area contributed by atoms with Gasteiger partial charge in [-0.15, -0.1) is 23.1 Å². The van der Waals surface area contributed by atoms with Crippen molar-refractivity contribution in [2.75, 3.05) is 38.5 Å². The first kappa shape index (κ1) is 25.9. The first-order chi connectivity index (χ1) is 18.5. The highest BCUT2D eigenvalue weighted by atomic mass is 32.2. The Balaban J connectivity index is 1.29. The molecule has 8 nitrogen and oxygen atoms in total. The van der Waals surface area contributed by atoms with Gasteiger partial charge in [-0.3, -0.25) is 4.79 Å². The average Bonchev–Trinajstić information content (AvgIpc) is 3.35. The first-order valence-corrected chi connectivity index (χ1v) is 13.8. The Kier molecular flexibility index (Phi) is 7.71. The van der Waals surface area contributed by atoms with E-state index in [2.05, 4.69) is 5.32 Å². The van der Waals surface area contributed by atoms with E-state index in [1.165, 1.54) is 30.2 Å². The van der Waals surface area contributed by atoms with Crippen LogP contribution < -0.4 is 19.5 Å². The predicted molar refractivity (Wildman–Crippen MR) is 149 cm³/mol. The number of rotatable bonds is 8. The summed E-state index contributed by atoms with van der Waals surface area (Å²) in [7, 11) is 2.95. The van der Waals surface area contributed by atoms with E-state index in [0.717, 1.165) is 27.1 Å². The molecule has 5 rings (SSSR count). The average molecular weight is 551 g/mol. The van der Waals surface area contributed by atoms with Crippen molar-refractivity contribution >= 4 is 50.9 Å². The maximum atomic E-state index is 12.8. The van der Waals surface area contributed by atoms with Crippen molar-refractivity contribution in [2.45, 2.75) is 18.4 Å². The van der Waals surface area contributed by atoms with Gasteiger partial charge in [-0.2, -0.15) is 0 Å². The number of pyridine rings is 1. The zero-order chi connectivity index (χ0) is 26.6. The Morgan fingerprint density at radius 3 is 2.71 bits per heavy atom. The molecule has 4 aromatic rings. The second-order valence-electron chi connectivity index (χ2n) is 8.48. The number of ether oxygens (including phenoxy) is 4. The number of methoxy groups -OCH3 is 2. The van der Waals surface area contributed by atoms with E-state index < -0.39 is 5.97 Å². The number of thioether (sulfide) groups is 1. The van der Waals surface area contributed by atoms with Gasteiger partial charge in [0.15, 0.2) is 11.5 Å². The lowest BCUT2D eigenvalue weighted by atomic mass is 10.0. The molecule has 0 saturated carbocycles. The number of hydrogen-bond donors (Lipinski definition) is 1. The molecule has 1 amide bonds. The van der Waals surface area contributed by atoms with Crippen molar-refractivity contribution < 1.29 is 28.5 Å². The standard InChI is InChI=1S/C28H26N2O6S2/c1-16-13-24(30-26-18(16)5-4-6-21(26)33-2)37-12-9-23(31)29-27-25(28(32)34-3)19(15-38-27)17-7-8-20-22(14-17)36-11-10-35-20/h4-8,13-15H,9-12H2,1-3H3,(H,29,31). The lowest BCUT2D eigenvalue weighted by Gasteiger charge is -2.19. The van der Waals surface area contributed by atoms with E-state index >= 15 is 0 Å². The van der Waals surface area contributed by atoms with Crippen LogP contribution in [0.5, 0.6) is 17.2 Å². The highest BCUT2D eigenvalue weighted by molar-refractivity contribution is 7.99. The number of para-hydroxylation sites is 1. The van der Waals surface area contributed by atoms with Gasteiger partial charge in [0.1, 0.15) is 35.0 Å². The third-order valence-electron chi connectivity index (χ3n) is 6.07. The molecule has 196 valence electrons. The minimum absolute atomic E-state index is 0.201. The van der Waals surface area contributed by atoms with Gasteiger partial charge in [-0.05, 0) is 42.3 Å². The highest BCUT2D eigenvalue weighted by Gasteiger charge is 2.24. The number of amides is 1. The third kappa shape index (κ3) is 5.27. The molecular formula is C28H26N2O6S2. The number of carbonyl (C=O) groups excluding carboxylic acids is 2. The number of fused-ring (bicyclic) bond motifs is 2. The van der Waals surface area contributed by atoms with E-state index in [0.29, 0.717) is 52.3 Å². The molecule has 1 N–H and O–H groups in total. The summed E-state index contributed by atoms with van der Waals surface area (Å²) in [5.74, 6) is 1.79. The summed E-state index contributed by atoms with van der Waals surface area (Å²) in [4.78, 5) is 30.3. The number of aryl methyl sites for hydroxylation is 1. The molecule has 0 spiro atoms. The summed E-state index contributed by atoms with van der Waals surface area (Å²) in [5.41, 5.74) is 3.64. The van der Waals surface area contributed by atoms with Crippen molar-refractivity contribution in [3.63, 3.8) is 0 Å². The van der Waals surface area contributed by atoms with Crippen molar-refractivity contribution in [3.8, 4) is 28.4 Å². The zero-order valence-corrected chi connectivity index (χ0v) is 22.8. The molecular weight excluding hydrogens is 524 g/mol. The Morgan fingerprint density at radius 1 is 1.11 bits per heavy atom. The van der Waals surface area contributed by atoms with Gasteiger partial charge in [0.05, 0.1) is 19.2 Å². The lowest BCUT2D eigenvalue weighted by Crippen LogP contribution is -2.15. The van der Waals surface area contributed by atoms with Gasteiger partial charge in [-0.1, -0.05) is 18.2 Å². The van der Waals surface area contributed by atoms with Gasteiger partial charge >= 0.3 is 5.97 Å². The van der Waals surface area contributed by atoms with Gasteiger partial charge in [0, 0.05) is 28.5 Å². The molecule has 0 fully saturated rings. The Labute approximate surface area is 228 Å². The van der Waals surface area contributed by atoms with Crippen LogP contribution in [0.1, 0.15) is 22.3 Å². The number of anilines is 1. The second-order valence-corrected chi connectivity index (χ2v) is 10.5. The highest BCUT2D eigenvalue weighted by Crippen LogP contribution is 2.40. The number of esters is 1. The maximum absolute atomic E-state index is 12.8. The van der Waals surface area contributed by atoms with E-state index in [1.807, 2.05) is 54.8 Å². The molecule has 0 bridgehead atoms. The van der Waals surface area contributed by atoms with Crippen LogP contribution in [0.4, 0.5) is 5.00 Å². The van der Waals surface area contributed by atoms with E-state index in [4.69, 9.17) is 23.9 Å². The molecule has 3 heterocycles. The van der Waals surface area contributed by atoms with Crippen LogP contribution in [0.25, 0.3) is 22.0 Å². The Bertz CT molecular complexity index is 1520. The monoisotopic (exact) mass is 550 g/mol. The molecule has 38 heavy (non-hydrogen) atoms. The molecule has 1 aliphatic heterocycles. The Morgan fingerprint density at radius 2 is 1.92 bits per heavy atom. The summed E-state index contributed by atoms with van der Waals surface area (Å²) in [6.45, 7) is 2.99. The zero-order valence-electron chi connectivity index (χ0n) is 21.2. The molecule has 10 heteroatoms. The SMILES string of the molecule is COC(=O)c1c(-c2ccc3c(c2)OCCO3)csc1NC(=O)CCSc1cc(C)c2cccc(OC)c2n1. The molecule has 0 atom stereocenters. The number of hydrogen-bond acceptors (Lipinski definition) is 9. The normalized spacial score (nSPS) is 12.3. The third-order valence-corrected chi connectivity index (χ3v) is 7.88. The fourth-order valence-corrected chi connectivity index (χ4v) is 6.10. The number of benzene rings is 2. The van der Waals surface area contributed by atoms with Gasteiger partial charge in [0.25, 0.3) is 0 Å². The van der Waals surface area contributed by atoms with Crippen molar-refractivity contribution in [2.24, 2.45) is 0 Å². The van der Waals surface area contributed by atoms with Crippen LogP contribution in [-0.4, -0.2) is 50.0 Å². The summed E-state index contributed by atoms with van der Waals surface area (Å²) in [6.07, 6.45) is 0.243. The van der Waals surface area contributed by atoms with Gasteiger partial charge < -0.3 is 24.3 Å². The van der Waals surface area contributed by atoms with Gasteiger partial charge in [-0.25, -0.2) is 9.78 Å². The minimum Gasteiger partial charge on any atom is -0.494 e. The summed E-state index contributed by atoms with van der Waals surface area (Å²) in [5, 5.41) is 7.02. The molecule has 2 aromatic carbocycles. The predicted octanol–water partition coefficient (Wildman–Crippen LogP) is 5.96. The maximum Gasteiger partial charge on any atom is 0.341 e. The number of carbonyl (C=O) groups is 2. The summed E-state index contributed by atoms with van der Waals surface area (Å²) >= 11 is 2.78. The minimum atomic E-state index is -0.523. The topological polar surface area (TPSA) is 96.0 Å². The fourth-order valence-electron chi connectivity index (χ4n) is 4.22. The smallest absolute Gasteiger partial charge is 0.341 e. The van der Waals surface area contributed by atoms with Crippen molar-refractivity contribution in [3.05, 3.63) is 59.0 Å². The van der Waals surface area contributed by atoms with Crippen LogP contribution in [0, 0.1) is 6.92 Å². The largest absolute Gasteiger partial charge is 0.494 e. The van der Waals surface area contributed by atoms with E-state index in [1.54, 1.807) is 7.11 Å². The quantitative estimate of drug-likeness (QED) is 0.212. The molecule has 0 unspecified atom stereocenters. The Hall–Kier alpha value is -3.76. The van der Waals surface area contributed by atoms with Crippen molar-refractivity contribution in [1.29, 1.82) is 0 Å². The van der Waals surface area contributed by atoms with Crippen LogP contribution in [0.2, 0.25) is 0 Å². The molecule has 0 saturated heterocycles. The van der Waals surface area contributed by atoms with E-state index in [9.17, 15) is 9.59 Å². The summed E-state index contributed by atoms with van der Waals surface area (Å²) < 4.78 is 21.8. The lowest BCUT2D eigenvalue weighted by molar-refractivity contribution is -0.115. The van der Waals surface area contributed by atoms with Crippen molar-refractivity contribution in [1.82, 2.24) is 4.98 Å². The van der Waals surface area contributed by atoms with Crippen LogP contribution in [-0.2, 0) is 9.53 Å².